The molecule has 8 nitrogen and oxygen atoms in total. The van der Waals surface area contributed by atoms with E-state index in [-0.39, 0.29) is 11.9 Å². The molecule has 0 radical (unpaired) electrons. The van der Waals surface area contributed by atoms with Gasteiger partial charge in [0.25, 0.3) is 0 Å². The maximum atomic E-state index is 11.8. The van der Waals surface area contributed by atoms with Gasteiger partial charge in [0.15, 0.2) is 5.96 Å². The Hall–Kier alpha value is -2.77. The first-order valence-corrected chi connectivity index (χ1v) is 7.42. The number of hydrogen-bond donors (Lipinski definition) is 3. The van der Waals surface area contributed by atoms with E-state index in [0.717, 1.165) is 31.6 Å². The third-order valence-electron chi connectivity index (χ3n) is 3.57. The van der Waals surface area contributed by atoms with Crippen LogP contribution in [0.15, 0.2) is 28.2 Å². The smallest absolute Gasteiger partial charge is 0.337 e. The number of nitrogens with zero attached hydrogens (tertiary/aromatic N) is 3. The molecule has 8 heteroatoms. The van der Waals surface area contributed by atoms with Crippen molar-refractivity contribution in [2.75, 3.05) is 25.1 Å². The van der Waals surface area contributed by atoms with E-state index in [2.05, 4.69) is 14.9 Å². The second-order valence-electron chi connectivity index (χ2n) is 5.25. The molecule has 0 spiro atoms. The standard InChI is InChI=1S/C15H22N6O2/c1-23-13(22)10-5-6-11(19-15(18)20-14(16)17)12(9-10)21-7-3-2-4-8-21/h5-6,9H,2-4,7-8H2,1H3,(H6,16,17,18,19,20). The molecule has 0 amide bonds. The van der Waals surface area contributed by atoms with Gasteiger partial charge in [-0.05, 0) is 37.5 Å². The zero-order valence-electron chi connectivity index (χ0n) is 13.2. The SMILES string of the molecule is COC(=O)c1ccc(N=C(N)N=C(N)N)c(N2CCCCC2)c1. The molecule has 1 aliphatic rings. The fourth-order valence-corrected chi connectivity index (χ4v) is 2.53. The summed E-state index contributed by atoms with van der Waals surface area (Å²) in [5.41, 5.74) is 18.2. The Labute approximate surface area is 135 Å². The van der Waals surface area contributed by atoms with Gasteiger partial charge in [0.05, 0.1) is 24.0 Å². The van der Waals surface area contributed by atoms with Crippen molar-refractivity contribution in [3.8, 4) is 0 Å². The zero-order chi connectivity index (χ0) is 16.8. The number of benzene rings is 1. The molecule has 124 valence electrons. The summed E-state index contributed by atoms with van der Waals surface area (Å²) < 4.78 is 4.78. The van der Waals surface area contributed by atoms with Gasteiger partial charge in [0.2, 0.25) is 5.96 Å². The maximum Gasteiger partial charge on any atom is 0.337 e. The summed E-state index contributed by atoms with van der Waals surface area (Å²) in [6.07, 6.45) is 3.38. The third-order valence-corrected chi connectivity index (χ3v) is 3.57. The second-order valence-corrected chi connectivity index (χ2v) is 5.25. The van der Waals surface area contributed by atoms with Crippen LogP contribution in [-0.2, 0) is 4.74 Å². The van der Waals surface area contributed by atoms with Crippen molar-refractivity contribution < 1.29 is 9.53 Å². The van der Waals surface area contributed by atoms with Crippen LogP contribution in [0.5, 0.6) is 0 Å². The van der Waals surface area contributed by atoms with Crippen LogP contribution in [0, 0.1) is 0 Å². The lowest BCUT2D eigenvalue weighted by atomic mass is 10.1. The lowest BCUT2D eigenvalue weighted by molar-refractivity contribution is 0.0601. The summed E-state index contributed by atoms with van der Waals surface area (Å²) in [7, 11) is 1.35. The number of anilines is 1. The van der Waals surface area contributed by atoms with Gasteiger partial charge in [-0.3, -0.25) is 0 Å². The molecule has 1 aromatic carbocycles. The first kappa shape index (κ1) is 16.6. The summed E-state index contributed by atoms with van der Waals surface area (Å²) in [5, 5.41) is 0. The van der Waals surface area contributed by atoms with Crippen LogP contribution in [0.3, 0.4) is 0 Å². The first-order valence-electron chi connectivity index (χ1n) is 7.42. The molecular weight excluding hydrogens is 296 g/mol. The Morgan fingerprint density at radius 2 is 1.87 bits per heavy atom. The maximum absolute atomic E-state index is 11.8. The largest absolute Gasteiger partial charge is 0.465 e. The van der Waals surface area contributed by atoms with Gasteiger partial charge in [-0.2, -0.15) is 4.99 Å². The molecule has 6 N–H and O–H groups in total. The number of methoxy groups -OCH3 is 1. The monoisotopic (exact) mass is 318 g/mol. The molecule has 2 rings (SSSR count). The van der Waals surface area contributed by atoms with E-state index in [9.17, 15) is 4.79 Å². The van der Waals surface area contributed by atoms with Crippen LogP contribution in [0.2, 0.25) is 0 Å². The van der Waals surface area contributed by atoms with Crippen molar-refractivity contribution in [2.24, 2.45) is 27.2 Å². The minimum atomic E-state index is -0.393. The Kier molecular flexibility index (Phi) is 5.40. The summed E-state index contributed by atoms with van der Waals surface area (Å²) >= 11 is 0. The summed E-state index contributed by atoms with van der Waals surface area (Å²) in [6, 6.07) is 5.12. The van der Waals surface area contributed by atoms with Gasteiger partial charge in [-0.15, -0.1) is 0 Å². The number of ether oxygens (including phenoxy) is 1. The van der Waals surface area contributed by atoms with Crippen LogP contribution in [0.1, 0.15) is 29.6 Å². The Balaban J connectivity index is 2.43. The summed E-state index contributed by atoms with van der Waals surface area (Å²) in [6.45, 7) is 1.80. The number of rotatable bonds is 3. The molecule has 0 aliphatic carbocycles. The van der Waals surface area contributed by atoms with E-state index < -0.39 is 5.97 Å². The van der Waals surface area contributed by atoms with Crippen LogP contribution in [0.4, 0.5) is 11.4 Å². The lowest BCUT2D eigenvalue weighted by Gasteiger charge is -2.30. The number of aliphatic imine (C=N–C) groups is 2. The molecule has 0 aromatic heterocycles. The van der Waals surface area contributed by atoms with Crippen molar-refractivity contribution in [2.45, 2.75) is 19.3 Å². The van der Waals surface area contributed by atoms with Gasteiger partial charge in [0, 0.05) is 13.1 Å². The summed E-state index contributed by atoms with van der Waals surface area (Å²) in [4.78, 5) is 21.9. The van der Waals surface area contributed by atoms with E-state index >= 15 is 0 Å². The van der Waals surface area contributed by atoms with Crippen molar-refractivity contribution in [3.63, 3.8) is 0 Å². The molecule has 1 aromatic rings. The van der Waals surface area contributed by atoms with E-state index in [1.807, 2.05) is 0 Å². The fourth-order valence-electron chi connectivity index (χ4n) is 2.53. The van der Waals surface area contributed by atoms with Crippen LogP contribution >= 0.6 is 0 Å². The molecule has 0 saturated carbocycles. The number of piperidine rings is 1. The van der Waals surface area contributed by atoms with Gasteiger partial charge >= 0.3 is 5.97 Å². The van der Waals surface area contributed by atoms with E-state index in [0.29, 0.717) is 11.3 Å². The predicted octanol–water partition coefficient (Wildman–Crippen LogP) is 0.683. The Morgan fingerprint density at radius 1 is 1.17 bits per heavy atom. The molecular formula is C15H22N6O2. The fraction of sp³-hybridized carbons (Fsp3) is 0.400. The second kappa shape index (κ2) is 7.48. The third kappa shape index (κ3) is 4.35. The number of carbonyl (C=O) groups excluding carboxylic acids is 1. The molecule has 1 heterocycles. The van der Waals surface area contributed by atoms with E-state index in [1.54, 1.807) is 18.2 Å². The topological polar surface area (TPSA) is 132 Å². The normalized spacial score (nSPS) is 15.2. The summed E-state index contributed by atoms with van der Waals surface area (Å²) in [5.74, 6) is -0.581. The number of guanidine groups is 2. The highest BCUT2D eigenvalue weighted by Crippen LogP contribution is 2.32. The highest BCUT2D eigenvalue weighted by atomic mass is 16.5. The van der Waals surface area contributed by atoms with Crippen molar-refractivity contribution in [1.82, 2.24) is 0 Å². The minimum Gasteiger partial charge on any atom is -0.465 e. The Bertz CT molecular complexity index is 631. The number of hydrogen-bond acceptors (Lipinski definition) is 4. The number of carbonyl (C=O) groups is 1. The molecule has 0 atom stereocenters. The van der Waals surface area contributed by atoms with Gasteiger partial charge in [-0.1, -0.05) is 0 Å². The van der Waals surface area contributed by atoms with Gasteiger partial charge in [0.1, 0.15) is 0 Å². The lowest BCUT2D eigenvalue weighted by Crippen LogP contribution is -2.30. The molecule has 23 heavy (non-hydrogen) atoms. The van der Waals surface area contributed by atoms with Crippen molar-refractivity contribution in [3.05, 3.63) is 23.8 Å². The molecule has 1 fully saturated rings. The number of esters is 1. The van der Waals surface area contributed by atoms with Gasteiger partial charge in [-0.25, -0.2) is 9.79 Å². The Morgan fingerprint density at radius 3 is 2.48 bits per heavy atom. The quantitative estimate of drug-likeness (QED) is 0.426. The van der Waals surface area contributed by atoms with Gasteiger partial charge < -0.3 is 26.8 Å². The number of nitrogens with two attached hydrogens (primary N) is 3. The van der Waals surface area contributed by atoms with Crippen molar-refractivity contribution in [1.29, 1.82) is 0 Å². The minimum absolute atomic E-state index is 0.0333. The zero-order valence-corrected chi connectivity index (χ0v) is 13.2. The highest BCUT2D eigenvalue weighted by Gasteiger charge is 2.17. The average molecular weight is 318 g/mol. The first-order chi connectivity index (χ1) is 11.0. The average Bonchev–Trinajstić information content (AvgIpc) is 2.54. The van der Waals surface area contributed by atoms with E-state index in [4.69, 9.17) is 21.9 Å². The predicted molar refractivity (Wildman–Crippen MR) is 90.9 cm³/mol. The van der Waals surface area contributed by atoms with Crippen LogP contribution < -0.4 is 22.1 Å². The van der Waals surface area contributed by atoms with Crippen LogP contribution in [0.25, 0.3) is 0 Å². The van der Waals surface area contributed by atoms with Crippen LogP contribution in [-0.4, -0.2) is 38.1 Å². The van der Waals surface area contributed by atoms with E-state index in [1.165, 1.54) is 13.5 Å². The molecule has 0 unspecified atom stereocenters. The molecule has 0 bridgehead atoms. The molecule has 1 aliphatic heterocycles. The highest BCUT2D eigenvalue weighted by molar-refractivity contribution is 5.96. The van der Waals surface area contributed by atoms with Crippen molar-refractivity contribution >= 4 is 29.3 Å². The molecule has 1 saturated heterocycles.